The van der Waals surface area contributed by atoms with Gasteiger partial charge in [0.05, 0.1) is 0 Å². The molecule has 0 spiro atoms. The van der Waals surface area contributed by atoms with Crippen LogP contribution in [0.3, 0.4) is 0 Å². The van der Waals surface area contributed by atoms with Crippen LogP contribution in [0.1, 0.15) is 145 Å². The predicted molar refractivity (Wildman–Crippen MR) is 155 cm³/mol. The normalized spacial score (nSPS) is 17.4. The summed E-state index contributed by atoms with van der Waals surface area (Å²) in [6.45, 7) is 14.2. The second kappa shape index (κ2) is 19.9. The van der Waals surface area contributed by atoms with Gasteiger partial charge < -0.3 is 15.3 Å². The monoisotopic (exact) mass is 540 g/mol. The SMILES string of the molecule is CCCCCC(C)CCC(=O)C(O)C(O)C(O)(C(=O)CCC(C)CCCCC)C(=O)C(C)CCCC(C)C. The molecule has 38 heavy (non-hydrogen) atoms. The molecule has 0 amide bonds. The zero-order chi connectivity index (χ0) is 29.3. The van der Waals surface area contributed by atoms with Gasteiger partial charge in [-0.05, 0) is 37.0 Å². The van der Waals surface area contributed by atoms with Crippen LogP contribution in [-0.2, 0) is 14.4 Å². The Hall–Kier alpha value is -1.11. The molecular weight excluding hydrogens is 480 g/mol. The maximum Gasteiger partial charge on any atom is 0.210 e. The fourth-order valence-corrected chi connectivity index (χ4v) is 5.07. The average Bonchev–Trinajstić information content (AvgIpc) is 2.88. The molecule has 224 valence electrons. The van der Waals surface area contributed by atoms with Gasteiger partial charge in [0.15, 0.2) is 17.3 Å². The lowest BCUT2D eigenvalue weighted by Gasteiger charge is -2.34. The first-order valence-corrected chi connectivity index (χ1v) is 15.5. The van der Waals surface area contributed by atoms with E-state index in [0.717, 1.165) is 64.2 Å². The van der Waals surface area contributed by atoms with Gasteiger partial charge >= 0.3 is 0 Å². The summed E-state index contributed by atoms with van der Waals surface area (Å²) in [6, 6.07) is 0. The van der Waals surface area contributed by atoms with Gasteiger partial charge in [-0.25, -0.2) is 0 Å². The standard InChI is InChI=1S/C32H60O6/c1-8-10-12-16-24(5)19-21-27(33)29(35)31(37)32(38,30(36)26(7)18-14-15-23(3)4)28(34)22-20-25(6)17-13-11-9-2/h23-26,29,31,35,37-38H,8-22H2,1-7H3. The molecule has 0 aromatic carbocycles. The number of carbonyl (C=O) groups is 3. The summed E-state index contributed by atoms with van der Waals surface area (Å²) in [7, 11) is 0. The molecule has 0 fully saturated rings. The van der Waals surface area contributed by atoms with Gasteiger partial charge in [-0.3, -0.25) is 14.4 Å². The van der Waals surface area contributed by atoms with Crippen molar-refractivity contribution in [3.05, 3.63) is 0 Å². The number of carbonyl (C=O) groups excluding carboxylic acids is 3. The molecule has 0 aliphatic heterocycles. The molecule has 6 atom stereocenters. The molecule has 3 N–H and O–H groups in total. The van der Waals surface area contributed by atoms with Crippen LogP contribution in [0.2, 0.25) is 0 Å². The quantitative estimate of drug-likeness (QED) is 0.0939. The van der Waals surface area contributed by atoms with Crippen LogP contribution in [0, 0.1) is 23.7 Å². The molecule has 0 aromatic heterocycles. The number of unbranched alkanes of at least 4 members (excludes halogenated alkanes) is 4. The van der Waals surface area contributed by atoms with E-state index < -0.39 is 41.1 Å². The molecule has 0 saturated carbocycles. The fourth-order valence-electron chi connectivity index (χ4n) is 5.07. The highest BCUT2D eigenvalue weighted by Gasteiger charge is 2.54. The highest BCUT2D eigenvalue weighted by atomic mass is 16.4. The first-order valence-electron chi connectivity index (χ1n) is 15.5. The summed E-state index contributed by atoms with van der Waals surface area (Å²) in [6.07, 6.45) is 7.43. The Bertz CT molecular complexity index is 675. The highest BCUT2D eigenvalue weighted by molar-refractivity contribution is 6.12. The molecule has 0 aliphatic rings. The molecule has 0 heterocycles. The van der Waals surface area contributed by atoms with Crippen LogP contribution in [0.15, 0.2) is 0 Å². The summed E-state index contributed by atoms with van der Waals surface area (Å²) in [4.78, 5) is 39.6. The lowest BCUT2D eigenvalue weighted by atomic mass is 9.75. The van der Waals surface area contributed by atoms with E-state index in [9.17, 15) is 29.7 Å². The van der Waals surface area contributed by atoms with Crippen LogP contribution < -0.4 is 0 Å². The summed E-state index contributed by atoms with van der Waals surface area (Å²) >= 11 is 0. The lowest BCUT2D eigenvalue weighted by Crippen LogP contribution is -2.62. The average molecular weight is 541 g/mol. The third-order valence-corrected chi connectivity index (χ3v) is 8.07. The van der Waals surface area contributed by atoms with E-state index in [2.05, 4.69) is 34.6 Å². The van der Waals surface area contributed by atoms with Crippen molar-refractivity contribution in [2.45, 2.75) is 163 Å². The Labute approximate surface area is 233 Å². The molecule has 6 unspecified atom stereocenters. The van der Waals surface area contributed by atoms with Crippen LogP contribution in [0.5, 0.6) is 0 Å². The Balaban J connectivity index is 5.55. The van der Waals surface area contributed by atoms with Crippen molar-refractivity contribution in [2.75, 3.05) is 0 Å². The Morgan fingerprint density at radius 2 is 1.16 bits per heavy atom. The van der Waals surface area contributed by atoms with Crippen molar-refractivity contribution >= 4 is 17.3 Å². The second-order valence-corrected chi connectivity index (χ2v) is 12.4. The van der Waals surface area contributed by atoms with Crippen molar-refractivity contribution in [2.24, 2.45) is 23.7 Å². The Morgan fingerprint density at radius 1 is 0.658 bits per heavy atom. The first-order chi connectivity index (χ1) is 17.8. The third kappa shape index (κ3) is 13.3. The van der Waals surface area contributed by atoms with E-state index in [4.69, 9.17) is 0 Å². The van der Waals surface area contributed by atoms with Crippen molar-refractivity contribution in [1.82, 2.24) is 0 Å². The van der Waals surface area contributed by atoms with E-state index in [-0.39, 0.29) is 24.7 Å². The van der Waals surface area contributed by atoms with E-state index in [1.54, 1.807) is 6.92 Å². The molecule has 0 aliphatic carbocycles. The van der Waals surface area contributed by atoms with Gasteiger partial charge in [0.1, 0.15) is 12.2 Å². The third-order valence-electron chi connectivity index (χ3n) is 8.07. The Morgan fingerprint density at radius 3 is 1.63 bits per heavy atom. The summed E-state index contributed by atoms with van der Waals surface area (Å²) in [5, 5.41) is 33.3. The van der Waals surface area contributed by atoms with Gasteiger partial charge in [-0.1, -0.05) is 113 Å². The Kier molecular flexibility index (Phi) is 19.3. The molecule has 6 nitrogen and oxygen atoms in total. The minimum atomic E-state index is -2.79. The molecular formula is C32H60O6. The summed E-state index contributed by atoms with van der Waals surface area (Å²) < 4.78 is 0. The topological polar surface area (TPSA) is 112 Å². The molecule has 0 aromatic rings. The van der Waals surface area contributed by atoms with E-state index in [1.165, 1.54) is 0 Å². The number of rotatable bonds is 24. The number of hydrogen-bond donors (Lipinski definition) is 3. The lowest BCUT2D eigenvalue weighted by molar-refractivity contribution is -0.177. The van der Waals surface area contributed by atoms with Gasteiger partial charge in [0, 0.05) is 18.8 Å². The predicted octanol–water partition coefficient (Wildman–Crippen LogP) is 6.60. The van der Waals surface area contributed by atoms with E-state index >= 15 is 0 Å². The first kappa shape index (κ1) is 36.9. The molecule has 0 radical (unpaired) electrons. The number of aliphatic hydroxyl groups excluding tert-OH is 2. The minimum absolute atomic E-state index is 0.0301. The number of aliphatic hydroxyl groups is 3. The molecule has 0 rings (SSSR count). The number of hydrogen-bond acceptors (Lipinski definition) is 6. The largest absolute Gasteiger partial charge is 0.386 e. The van der Waals surface area contributed by atoms with Crippen molar-refractivity contribution < 1.29 is 29.7 Å². The van der Waals surface area contributed by atoms with Crippen molar-refractivity contribution in [3.63, 3.8) is 0 Å². The van der Waals surface area contributed by atoms with Crippen LogP contribution >= 0.6 is 0 Å². The maximum absolute atomic E-state index is 13.5. The smallest absolute Gasteiger partial charge is 0.210 e. The fraction of sp³-hybridized carbons (Fsp3) is 0.906. The van der Waals surface area contributed by atoms with Crippen LogP contribution in [-0.4, -0.2) is 50.5 Å². The van der Waals surface area contributed by atoms with E-state index in [0.29, 0.717) is 25.2 Å². The molecule has 6 heteroatoms. The van der Waals surface area contributed by atoms with E-state index in [1.807, 2.05) is 6.92 Å². The summed E-state index contributed by atoms with van der Waals surface area (Å²) in [5.74, 6) is -1.94. The van der Waals surface area contributed by atoms with Crippen LogP contribution in [0.25, 0.3) is 0 Å². The molecule has 0 saturated heterocycles. The van der Waals surface area contributed by atoms with Crippen molar-refractivity contribution in [1.29, 1.82) is 0 Å². The zero-order valence-electron chi connectivity index (χ0n) is 25.6. The second-order valence-electron chi connectivity index (χ2n) is 12.4. The number of Topliss-reactive ketones (excluding diaryl/α,β-unsaturated/α-hetero) is 3. The number of ketones is 3. The highest BCUT2D eigenvalue weighted by Crippen LogP contribution is 2.28. The van der Waals surface area contributed by atoms with Gasteiger partial charge in [0.2, 0.25) is 5.60 Å². The van der Waals surface area contributed by atoms with Crippen molar-refractivity contribution in [3.8, 4) is 0 Å². The molecule has 0 bridgehead atoms. The van der Waals surface area contributed by atoms with Gasteiger partial charge in [-0.15, -0.1) is 0 Å². The summed E-state index contributed by atoms with van der Waals surface area (Å²) in [5.41, 5.74) is -2.79. The zero-order valence-corrected chi connectivity index (χ0v) is 25.6. The van der Waals surface area contributed by atoms with Gasteiger partial charge in [0.25, 0.3) is 0 Å². The van der Waals surface area contributed by atoms with Gasteiger partial charge in [-0.2, -0.15) is 0 Å². The minimum Gasteiger partial charge on any atom is -0.386 e. The van der Waals surface area contributed by atoms with Crippen LogP contribution in [0.4, 0.5) is 0 Å². The maximum atomic E-state index is 13.5.